The fraction of sp³-hybridized carbons (Fsp3) is 0.615. The lowest BCUT2D eigenvalue weighted by molar-refractivity contribution is -0.145. The molecule has 3 aliphatic carbocycles. The largest absolute Gasteiger partial charge is 0.466 e. The summed E-state index contributed by atoms with van der Waals surface area (Å²) in [5, 5.41) is 0. The van der Waals surface area contributed by atoms with Crippen molar-refractivity contribution in [3.05, 3.63) is 76.4 Å². The molecule has 5 rings (SSSR count). The average Bonchev–Trinajstić information content (AvgIpc) is 3.58. The number of carbonyl (C=O) groups excluding carboxylic acids is 1. The van der Waals surface area contributed by atoms with Gasteiger partial charge in [-0.15, -0.1) is 0 Å². The standard InChI is InChI=1S/C21H30O2.C17H24.CH4/c1-7-23-18(22)17-13-21(17,6)14-8-9-15-16(12-14)20(4,5)11-10-19(15,2)3;1-12(2)13-7-8-14-15(11-13)17(5,6)10-9-16(14,3)4;/h8-9,12,17H,7,10-11,13H2,1-6H3;7-8,11H,1,9-10H2,2-6H3;1H4. The number of fused-ring (bicyclic) bond motifs is 2. The van der Waals surface area contributed by atoms with Crippen LogP contribution >= 0.6 is 0 Å². The van der Waals surface area contributed by atoms with Crippen LogP contribution < -0.4 is 0 Å². The van der Waals surface area contributed by atoms with Gasteiger partial charge in [-0.05, 0) is 101 Å². The Morgan fingerprint density at radius 3 is 1.66 bits per heavy atom. The maximum Gasteiger partial charge on any atom is 0.309 e. The van der Waals surface area contributed by atoms with E-state index in [1.165, 1.54) is 59.1 Å². The minimum atomic E-state index is -0.0427. The number of carbonyl (C=O) groups is 1. The zero-order valence-electron chi connectivity index (χ0n) is 27.3. The van der Waals surface area contributed by atoms with Crippen molar-refractivity contribution in [1.29, 1.82) is 0 Å². The van der Waals surface area contributed by atoms with Gasteiger partial charge in [-0.3, -0.25) is 4.79 Å². The topological polar surface area (TPSA) is 26.3 Å². The molecule has 1 saturated carbocycles. The Labute approximate surface area is 252 Å². The molecule has 0 aliphatic heterocycles. The predicted molar refractivity (Wildman–Crippen MR) is 177 cm³/mol. The van der Waals surface area contributed by atoms with Crippen molar-refractivity contribution in [2.45, 2.75) is 143 Å². The number of rotatable bonds is 4. The van der Waals surface area contributed by atoms with Crippen LogP contribution in [0, 0.1) is 5.92 Å². The van der Waals surface area contributed by atoms with Crippen LogP contribution in [0.1, 0.15) is 149 Å². The summed E-state index contributed by atoms with van der Waals surface area (Å²) in [4.78, 5) is 12.1. The van der Waals surface area contributed by atoms with Gasteiger partial charge in [-0.25, -0.2) is 0 Å². The maximum absolute atomic E-state index is 12.1. The fourth-order valence-corrected chi connectivity index (χ4v) is 7.07. The van der Waals surface area contributed by atoms with Gasteiger partial charge in [0.2, 0.25) is 0 Å². The Hall–Kier alpha value is -2.35. The number of hydrogen-bond acceptors (Lipinski definition) is 2. The van der Waals surface area contributed by atoms with Crippen molar-refractivity contribution in [1.82, 2.24) is 0 Å². The maximum atomic E-state index is 12.1. The first-order chi connectivity index (χ1) is 18.4. The molecule has 0 saturated heterocycles. The Morgan fingerprint density at radius 2 is 1.20 bits per heavy atom. The number of esters is 1. The minimum Gasteiger partial charge on any atom is -0.466 e. The SMILES string of the molecule is C.C=C(C)c1ccc2c(c1)C(C)(C)CCC2(C)C.CCOC(=O)C1CC1(C)c1ccc2c(c1)C(C)(C)CCC2(C)C. The lowest BCUT2D eigenvalue weighted by atomic mass is 9.62. The van der Waals surface area contributed by atoms with Crippen LogP contribution in [-0.4, -0.2) is 12.6 Å². The van der Waals surface area contributed by atoms with E-state index in [9.17, 15) is 4.79 Å². The molecule has 226 valence electrons. The van der Waals surface area contributed by atoms with Crippen molar-refractivity contribution >= 4 is 11.5 Å². The molecular weight excluding hydrogens is 500 g/mol. The third-order valence-corrected chi connectivity index (χ3v) is 10.7. The molecule has 0 radical (unpaired) electrons. The van der Waals surface area contributed by atoms with E-state index < -0.39 is 0 Å². The van der Waals surface area contributed by atoms with Crippen molar-refractivity contribution in [3.8, 4) is 0 Å². The van der Waals surface area contributed by atoms with E-state index in [1.54, 1.807) is 0 Å². The molecule has 41 heavy (non-hydrogen) atoms. The molecule has 0 bridgehead atoms. The fourth-order valence-electron chi connectivity index (χ4n) is 7.07. The second kappa shape index (κ2) is 11.1. The summed E-state index contributed by atoms with van der Waals surface area (Å²) in [5.74, 6) is -0.00692. The molecule has 1 fully saturated rings. The monoisotopic (exact) mass is 558 g/mol. The van der Waals surface area contributed by atoms with Crippen LogP contribution in [0.2, 0.25) is 0 Å². The summed E-state index contributed by atoms with van der Waals surface area (Å²) in [6.45, 7) is 29.5. The highest BCUT2D eigenvalue weighted by molar-refractivity contribution is 5.79. The summed E-state index contributed by atoms with van der Waals surface area (Å²) in [6, 6.07) is 13.9. The third-order valence-electron chi connectivity index (χ3n) is 10.7. The minimum absolute atomic E-state index is 0. The van der Waals surface area contributed by atoms with Gasteiger partial charge in [-0.1, -0.05) is 118 Å². The molecule has 2 atom stereocenters. The van der Waals surface area contributed by atoms with Crippen LogP contribution in [0.15, 0.2) is 43.0 Å². The Morgan fingerprint density at radius 1 is 0.756 bits per heavy atom. The third kappa shape index (κ3) is 6.23. The van der Waals surface area contributed by atoms with Crippen molar-refractivity contribution in [3.63, 3.8) is 0 Å². The van der Waals surface area contributed by atoms with Crippen molar-refractivity contribution in [2.75, 3.05) is 6.61 Å². The van der Waals surface area contributed by atoms with E-state index in [0.29, 0.717) is 17.4 Å². The first kappa shape index (κ1) is 33.2. The number of benzene rings is 2. The highest BCUT2D eigenvalue weighted by Gasteiger charge is 2.57. The summed E-state index contributed by atoms with van der Waals surface area (Å²) < 4.78 is 5.23. The van der Waals surface area contributed by atoms with E-state index >= 15 is 0 Å². The summed E-state index contributed by atoms with van der Waals surface area (Å²) in [7, 11) is 0. The smallest absolute Gasteiger partial charge is 0.309 e. The van der Waals surface area contributed by atoms with Gasteiger partial charge in [0.05, 0.1) is 12.5 Å². The number of hydrogen-bond donors (Lipinski definition) is 0. The van der Waals surface area contributed by atoms with E-state index in [1.807, 2.05) is 6.92 Å². The zero-order valence-corrected chi connectivity index (χ0v) is 27.3. The predicted octanol–water partition coefficient (Wildman–Crippen LogP) is 10.6. The van der Waals surface area contributed by atoms with Gasteiger partial charge in [0.15, 0.2) is 0 Å². The lowest BCUT2D eigenvalue weighted by Crippen LogP contribution is -2.34. The van der Waals surface area contributed by atoms with E-state index in [-0.39, 0.29) is 35.6 Å². The molecule has 3 aliphatic rings. The highest BCUT2D eigenvalue weighted by atomic mass is 16.5. The summed E-state index contributed by atoms with van der Waals surface area (Å²) >= 11 is 0. The quantitative estimate of drug-likeness (QED) is 0.349. The summed E-state index contributed by atoms with van der Waals surface area (Å²) in [6.07, 6.45) is 5.91. The molecule has 0 aromatic heterocycles. The van der Waals surface area contributed by atoms with Crippen LogP contribution in [-0.2, 0) is 36.6 Å². The van der Waals surface area contributed by atoms with Crippen LogP contribution in [0.5, 0.6) is 0 Å². The number of allylic oxidation sites excluding steroid dienone is 1. The van der Waals surface area contributed by atoms with Gasteiger partial charge < -0.3 is 4.74 Å². The highest BCUT2D eigenvalue weighted by Crippen LogP contribution is 2.56. The van der Waals surface area contributed by atoms with Crippen LogP contribution in [0.3, 0.4) is 0 Å². The molecule has 2 nitrogen and oxygen atoms in total. The molecule has 0 heterocycles. The Balaban J connectivity index is 0.000000230. The Bertz CT molecular complexity index is 1300. The van der Waals surface area contributed by atoms with Crippen LogP contribution in [0.25, 0.3) is 5.57 Å². The summed E-state index contributed by atoms with van der Waals surface area (Å²) in [5.41, 5.74) is 10.8. The zero-order chi connectivity index (χ0) is 29.9. The molecule has 2 heteroatoms. The van der Waals surface area contributed by atoms with Gasteiger partial charge in [-0.2, -0.15) is 0 Å². The normalized spacial score (nSPS) is 25.7. The van der Waals surface area contributed by atoms with Gasteiger partial charge in [0.25, 0.3) is 0 Å². The molecule has 0 spiro atoms. The molecular formula is C39H58O2. The molecule has 2 aromatic carbocycles. The first-order valence-corrected chi connectivity index (χ1v) is 15.5. The first-order valence-electron chi connectivity index (χ1n) is 15.5. The van der Waals surface area contributed by atoms with E-state index in [4.69, 9.17) is 4.74 Å². The molecule has 0 amide bonds. The molecule has 2 aromatic rings. The van der Waals surface area contributed by atoms with E-state index in [0.717, 1.165) is 12.0 Å². The van der Waals surface area contributed by atoms with Crippen molar-refractivity contribution < 1.29 is 9.53 Å². The van der Waals surface area contributed by atoms with Gasteiger partial charge in [0.1, 0.15) is 0 Å². The Kier molecular flexibility index (Phi) is 8.94. The van der Waals surface area contributed by atoms with E-state index in [2.05, 4.69) is 112 Å². The second-order valence-electron chi connectivity index (χ2n) is 15.8. The van der Waals surface area contributed by atoms with Gasteiger partial charge >= 0.3 is 5.97 Å². The lowest BCUT2D eigenvalue weighted by Gasteiger charge is -2.42. The van der Waals surface area contributed by atoms with Crippen molar-refractivity contribution in [2.24, 2.45) is 5.92 Å². The molecule has 0 N–H and O–H groups in total. The molecule has 2 unspecified atom stereocenters. The average molecular weight is 559 g/mol. The number of ether oxygens (including phenoxy) is 1. The second-order valence-corrected chi connectivity index (χ2v) is 15.8. The van der Waals surface area contributed by atoms with Crippen LogP contribution in [0.4, 0.5) is 0 Å². The van der Waals surface area contributed by atoms with Gasteiger partial charge in [0, 0.05) is 5.41 Å².